The molecule has 2 rings (SSSR count). The Labute approximate surface area is 162 Å². The number of hydrogen-bond acceptors (Lipinski definition) is 3. The topological polar surface area (TPSA) is 67.4 Å². The van der Waals surface area contributed by atoms with Gasteiger partial charge in [0, 0.05) is 22.4 Å². The molecule has 2 aromatic carbocycles. The largest absolute Gasteiger partial charge is 0.493 e. The zero-order valence-electron chi connectivity index (χ0n) is 15.4. The summed E-state index contributed by atoms with van der Waals surface area (Å²) < 4.78 is 6.17. The van der Waals surface area contributed by atoms with E-state index in [0.717, 1.165) is 4.47 Å². The minimum absolute atomic E-state index is 0.0866. The Morgan fingerprint density at radius 2 is 1.69 bits per heavy atom. The van der Waals surface area contributed by atoms with Crippen molar-refractivity contribution in [1.82, 2.24) is 0 Å². The van der Waals surface area contributed by atoms with Gasteiger partial charge in [-0.1, -0.05) is 26.8 Å². The normalized spacial score (nSPS) is 11.0. The van der Waals surface area contributed by atoms with Crippen molar-refractivity contribution in [2.45, 2.75) is 27.7 Å². The summed E-state index contributed by atoms with van der Waals surface area (Å²) >= 11 is 3.41. The van der Waals surface area contributed by atoms with Gasteiger partial charge in [0.25, 0.3) is 5.91 Å². The number of carbonyl (C=O) groups is 2. The highest BCUT2D eigenvalue weighted by Gasteiger charge is 2.21. The fourth-order valence-corrected chi connectivity index (χ4v) is 2.60. The summed E-state index contributed by atoms with van der Waals surface area (Å²) in [5, 5.41) is 5.69. The second-order valence-electron chi connectivity index (χ2n) is 6.82. The van der Waals surface area contributed by atoms with Crippen molar-refractivity contribution in [2.24, 2.45) is 5.41 Å². The molecule has 2 aromatic rings. The van der Waals surface area contributed by atoms with Crippen LogP contribution in [0, 0.1) is 5.41 Å². The maximum atomic E-state index is 12.5. The number of nitrogens with one attached hydrogen (secondary N) is 2. The molecule has 2 N–H and O–H groups in total. The Kier molecular flexibility index (Phi) is 6.42. The van der Waals surface area contributed by atoms with Gasteiger partial charge in [-0.2, -0.15) is 0 Å². The molecule has 0 radical (unpaired) electrons. The molecular weight excluding hydrogens is 396 g/mol. The van der Waals surface area contributed by atoms with Crippen LogP contribution in [0.2, 0.25) is 0 Å². The fourth-order valence-electron chi connectivity index (χ4n) is 2.11. The van der Waals surface area contributed by atoms with Crippen LogP contribution >= 0.6 is 15.9 Å². The van der Waals surface area contributed by atoms with E-state index in [1.165, 1.54) is 0 Å². The minimum atomic E-state index is -0.492. The molecular formula is C20H23BrN2O3. The molecule has 0 aliphatic rings. The Morgan fingerprint density at radius 3 is 2.27 bits per heavy atom. The van der Waals surface area contributed by atoms with Gasteiger partial charge in [-0.3, -0.25) is 9.59 Å². The average molecular weight is 419 g/mol. The molecule has 0 fully saturated rings. The molecule has 0 atom stereocenters. The number of benzene rings is 2. The smallest absolute Gasteiger partial charge is 0.255 e. The van der Waals surface area contributed by atoms with Gasteiger partial charge in [0.1, 0.15) is 5.75 Å². The molecule has 2 amide bonds. The van der Waals surface area contributed by atoms with E-state index in [1.54, 1.807) is 42.5 Å². The number of ether oxygens (including phenoxy) is 1. The Balaban J connectivity index is 2.11. The summed E-state index contributed by atoms with van der Waals surface area (Å²) in [6.45, 7) is 7.99. The SMILES string of the molecule is CCOc1ccc(C(=O)Nc2cccc(NC(=O)C(C)(C)C)c2)cc1Br. The molecule has 0 bridgehead atoms. The average Bonchev–Trinajstić information content (AvgIpc) is 2.56. The van der Waals surface area contributed by atoms with Crippen molar-refractivity contribution < 1.29 is 14.3 Å². The maximum Gasteiger partial charge on any atom is 0.255 e. The van der Waals surface area contributed by atoms with Gasteiger partial charge in [-0.05, 0) is 59.3 Å². The number of anilines is 2. The predicted octanol–water partition coefficient (Wildman–Crippen LogP) is 5.08. The molecule has 0 heterocycles. The van der Waals surface area contributed by atoms with E-state index in [-0.39, 0.29) is 11.8 Å². The monoisotopic (exact) mass is 418 g/mol. The number of halogens is 1. The number of rotatable bonds is 5. The van der Waals surface area contributed by atoms with Gasteiger partial charge in [-0.25, -0.2) is 0 Å². The van der Waals surface area contributed by atoms with E-state index in [0.29, 0.717) is 29.3 Å². The Hall–Kier alpha value is -2.34. The van der Waals surface area contributed by atoms with Gasteiger partial charge in [0.2, 0.25) is 5.91 Å². The molecule has 0 aromatic heterocycles. The number of carbonyl (C=O) groups excluding carboxylic acids is 2. The van der Waals surface area contributed by atoms with Crippen molar-refractivity contribution in [3.8, 4) is 5.75 Å². The van der Waals surface area contributed by atoms with Crippen LogP contribution in [0.25, 0.3) is 0 Å². The molecule has 0 saturated heterocycles. The third-order valence-corrected chi connectivity index (χ3v) is 4.17. The molecule has 0 aliphatic heterocycles. The number of amides is 2. The highest BCUT2D eigenvalue weighted by Crippen LogP contribution is 2.27. The minimum Gasteiger partial charge on any atom is -0.493 e. The lowest BCUT2D eigenvalue weighted by atomic mass is 9.95. The lowest BCUT2D eigenvalue weighted by Gasteiger charge is -2.18. The second kappa shape index (κ2) is 8.36. The molecule has 26 heavy (non-hydrogen) atoms. The van der Waals surface area contributed by atoms with Crippen LogP contribution in [0.4, 0.5) is 11.4 Å². The van der Waals surface area contributed by atoms with Crippen molar-refractivity contribution in [3.05, 3.63) is 52.5 Å². The third-order valence-electron chi connectivity index (χ3n) is 3.55. The first kappa shape index (κ1) is 20.0. The molecule has 0 aliphatic carbocycles. The predicted molar refractivity (Wildman–Crippen MR) is 108 cm³/mol. The summed E-state index contributed by atoms with van der Waals surface area (Å²) in [5.74, 6) is 0.361. The van der Waals surface area contributed by atoms with Crippen LogP contribution in [-0.2, 0) is 4.79 Å². The van der Waals surface area contributed by atoms with E-state index in [9.17, 15) is 9.59 Å². The van der Waals surface area contributed by atoms with Gasteiger partial charge < -0.3 is 15.4 Å². The lowest BCUT2D eigenvalue weighted by molar-refractivity contribution is -0.123. The maximum absolute atomic E-state index is 12.5. The second-order valence-corrected chi connectivity index (χ2v) is 7.67. The van der Waals surface area contributed by atoms with Crippen LogP contribution in [0.15, 0.2) is 46.9 Å². The molecule has 0 saturated carbocycles. The van der Waals surface area contributed by atoms with Gasteiger partial charge >= 0.3 is 0 Å². The van der Waals surface area contributed by atoms with E-state index in [4.69, 9.17) is 4.74 Å². The first-order valence-electron chi connectivity index (χ1n) is 8.36. The zero-order chi connectivity index (χ0) is 19.3. The zero-order valence-corrected chi connectivity index (χ0v) is 16.9. The fraction of sp³-hybridized carbons (Fsp3) is 0.300. The van der Waals surface area contributed by atoms with E-state index in [1.807, 2.05) is 27.7 Å². The highest BCUT2D eigenvalue weighted by molar-refractivity contribution is 9.10. The van der Waals surface area contributed by atoms with Gasteiger partial charge in [0.05, 0.1) is 11.1 Å². The van der Waals surface area contributed by atoms with Crippen LogP contribution in [-0.4, -0.2) is 18.4 Å². The quantitative estimate of drug-likeness (QED) is 0.710. The van der Waals surface area contributed by atoms with Crippen LogP contribution in [0.5, 0.6) is 5.75 Å². The van der Waals surface area contributed by atoms with Crippen LogP contribution in [0.3, 0.4) is 0 Å². The van der Waals surface area contributed by atoms with Crippen molar-refractivity contribution >= 4 is 39.1 Å². The lowest BCUT2D eigenvalue weighted by Crippen LogP contribution is -2.27. The summed E-state index contributed by atoms with van der Waals surface area (Å²) in [5.41, 5.74) is 1.25. The van der Waals surface area contributed by atoms with E-state index in [2.05, 4.69) is 26.6 Å². The standard InChI is InChI=1S/C20H23BrN2O3/c1-5-26-17-10-9-13(11-16(17)21)18(24)22-14-7-6-8-15(12-14)23-19(25)20(2,3)4/h6-12H,5H2,1-4H3,(H,22,24)(H,23,25). The van der Waals surface area contributed by atoms with Gasteiger partial charge in [-0.15, -0.1) is 0 Å². The van der Waals surface area contributed by atoms with Crippen LogP contribution in [0.1, 0.15) is 38.1 Å². The summed E-state index contributed by atoms with van der Waals surface area (Å²) in [7, 11) is 0. The first-order chi connectivity index (χ1) is 12.2. The van der Waals surface area contributed by atoms with Crippen molar-refractivity contribution in [1.29, 1.82) is 0 Å². The highest BCUT2D eigenvalue weighted by atomic mass is 79.9. The summed E-state index contributed by atoms with van der Waals surface area (Å²) in [6.07, 6.45) is 0. The van der Waals surface area contributed by atoms with E-state index >= 15 is 0 Å². The Morgan fingerprint density at radius 1 is 1.04 bits per heavy atom. The molecule has 0 unspecified atom stereocenters. The van der Waals surface area contributed by atoms with Crippen molar-refractivity contribution in [2.75, 3.05) is 17.2 Å². The van der Waals surface area contributed by atoms with E-state index < -0.39 is 5.41 Å². The molecule has 0 spiro atoms. The molecule has 138 valence electrons. The Bertz CT molecular complexity index is 813. The van der Waals surface area contributed by atoms with Gasteiger partial charge in [0.15, 0.2) is 0 Å². The van der Waals surface area contributed by atoms with Crippen LogP contribution < -0.4 is 15.4 Å². The molecule has 5 nitrogen and oxygen atoms in total. The first-order valence-corrected chi connectivity index (χ1v) is 9.15. The summed E-state index contributed by atoms with van der Waals surface area (Å²) in [6, 6.07) is 12.2. The third kappa shape index (κ3) is 5.33. The van der Waals surface area contributed by atoms with Crippen molar-refractivity contribution in [3.63, 3.8) is 0 Å². The number of hydrogen-bond donors (Lipinski definition) is 2. The molecule has 6 heteroatoms. The summed E-state index contributed by atoms with van der Waals surface area (Å²) in [4.78, 5) is 24.6.